The van der Waals surface area contributed by atoms with Crippen LogP contribution >= 0.6 is 0 Å². The lowest BCUT2D eigenvalue weighted by molar-refractivity contribution is 0.0826. The molecule has 102 valence electrons. The Bertz CT molecular complexity index is 572. The molecule has 1 aliphatic rings. The fourth-order valence-electron chi connectivity index (χ4n) is 2.87. The van der Waals surface area contributed by atoms with E-state index in [1.54, 1.807) is 18.4 Å². The molecule has 0 radical (unpaired) electrons. The number of amides is 1. The molecule has 0 aromatic carbocycles. The number of carbonyl (C=O) groups is 1. The van der Waals surface area contributed by atoms with Crippen LogP contribution in [0.15, 0.2) is 22.8 Å². The van der Waals surface area contributed by atoms with Gasteiger partial charge in [0, 0.05) is 23.6 Å². The van der Waals surface area contributed by atoms with Crippen LogP contribution in [0.4, 0.5) is 0 Å². The number of rotatable bonds is 3. The predicted octanol–water partition coefficient (Wildman–Crippen LogP) is 2.04. The van der Waals surface area contributed by atoms with Gasteiger partial charge < -0.3 is 19.8 Å². The van der Waals surface area contributed by atoms with E-state index in [2.05, 4.69) is 10.3 Å². The molecule has 1 saturated carbocycles. The number of aliphatic hydroxyl groups is 1. The number of aliphatic hydroxyl groups excluding tert-OH is 1. The number of hydrogen-bond donors (Lipinski definition) is 3. The van der Waals surface area contributed by atoms with Crippen molar-refractivity contribution in [2.45, 2.75) is 32.2 Å². The molecule has 2 heterocycles. The van der Waals surface area contributed by atoms with Gasteiger partial charge in [-0.3, -0.25) is 4.79 Å². The van der Waals surface area contributed by atoms with Crippen molar-refractivity contribution in [3.8, 4) is 0 Å². The lowest BCUT2D eigenvalue weighted by atomic mass is 9.86. The summed E-state index contributed by atoms with van der Waals surface area (Å²) in [4.78, 5) is 15.2. The molecule has 19 heavy (non-hydrogen) atoms. The molecule has 2 aromatic heterocycles. The van der Waals surface area contributed by atoms with Crippen LogP contribution in [0.1, 0.15) is 36.7 Å². The summed E-state index contributed by atoms with van der Waals surface area (Å²) in [7, 11) is 0. The molecule has 0 aliphatic heterocycles. The molecule has 3 N–H and O–H groups in total. The lowest BCUT2D eigenvalue weighted by Gasteiger charge is -2.29. The molecule has 0 spiro atoms. The molecule has 1 aliphatic carbocycles. The summed E-state index contributed by atoms with van der Waals surface area (Å²) < 4.78 is 5.23. The molecule has 2 unspecified atom stereocenters. The standard InChI is InChI=1S/C14H18N2O3/c1-14(8-17)5-2-3-12(14)16-13(18)10-7-11-9(15-10)4-6-19-11/h4,6-7,12,15,17H,2-3,5,8H2,1H3,(H,16,18). The van der Waals surface area contributed by atoms with Crippen molar-refractivity contribution < 1.29 is 14.3 Å². The van der Waals surface area contributed by atoms with Gasteiger partial charge in [-0.05, 0) is 12.8 Å². The molecule has 1 fully saturated rings. The van der Waals surface area contributed by atoms with E-state index in [1.165, 1.54) is 0 Å². The predicted molar refractivity (Wildman–Crippen MR) is 70.9 cm³/mol. The van der Waals surface area contributed by atoms with Gasteiger partial charge in [-0.25, -0.2) is 0 Å². The maximum Gasteiger partial charge on any atom is 0.268 e. The molecular weight excluding hydrogens is 244 g/mol. The zero-order valence-corrected chi connectivity index (χ0v) is 10.9. The molecular formula is C14H18N2O3. The van der Waals surface area contributed by atoms with E-state index in [0.717, 1.165) is 24.8 Å². The summed E-state index contributed by atoms with van der Waals surface area (Å²) in [6.07, 6.45) is 4.48. The van der Waals surface area contributed by atoms with Crippen LogP contribution in [0.25, 0.3) is 11.1 Å². The van der Waals surface area contributed by atoms with E-state index in [4.69, 9.17) is 4.42 Å². The van der Waals surface area contributed by atoms with Gasteiger partial charge in [0.05, 0.1) is 18.4 Å². The summed E-state index contributed by atoms with van der Waals surface area (Å²) in [5, 5.41) is 12.5. The zero-order chi connectivity index (χ0) is 13.5. The van der Waals surface area contributed by atoms with Crippen LogP contribution in [0.2, 0.25) is 0 Å². The third-order valence-electron chi connectivity index (χ3n) is 4.23. The van der Waals surface area contributed by atoms with Crippen LogP contribution < -0.4 is 5.32 Å². The highest BCUT2D eigenvalue weighted by atomic mass is 16.3. The Kier molecular flexibility index (Phi) is 2.86. The van der Waals surface area contributed by atoms with Crippen LogP contribution in [-0.4, -0.2) is 28.6 Å². The topological polar surface area (TPSA) is 78.3 Å². The average molecular weight is 262 g/mol. The number of aromatic nitrogens is 1. The molecule has 2 atom stereocenters. The van der Waals surface area contributed by atoms with Gasteiger partial charge in [-0.2, -0.15) is 0 Å². The second-order valence-corrected chi connectivity index (χ2v) is 5.61. The first-order valence-corrected chi connectivity index (χ1v) is 6.60. The Morgan fingerprint density at radius 1 is 1.68 bits per heavy atom. The number of furan rings is 1. The molecule has 2 aromatic rings. The maximum absolute atomic E-state index is 12.2. The number of nitrogens with one attached hydrogen (secondary N) is 2. The minimum atomic E-state index is -0.207. The molecule has 5 nitrogen and oxygen atoms in total. The van der Waals surface area contributed by atoms with Gasteiger partial charge >= 0.3 is 0 Å². The minimum Gasteiger partial charge on any atom is -0.463 e. The summed E-state index contributed by atoms with van der Waals surface area (Å²) in [6.45, 7) is 2.12. The monoisotopic (exact) mass is 262 g/mol. The number of carbonyl (C=O) groups excluding carboxylic acids is 1. The number of fused-ring (bicyclic) bond motifs is 1. The Morgan fingerprint density at radius 3 is 3.26 bits per heavy atom. The number of hydrogen-bond acceptors (Lipinski definition) is 3. The van der Waals surface area contributed by atoms with E-state index >= 15 is 0 Å². The molecule has 0 bridgehead atoms. The Balaban J connectivity index is 1.76. The van der Waals surface area contributed by atoms with Gasteiger partial charge in [-0.15, -0.1) is 0 Å². The molecule has 0 saturated heterocycles. The second-order valence-electron chi connectivity index (χ2n) is 5.61. The highest BCUT2D eigenvalue weighted by Gasteiger charge is 2.39. The van der Waals surface area contributed by atoms with Gasteiger partial charge in [0.15, 0.2) is 5.58 Å². The maximum atomic E-state index is 12.2. The van der Waals surface area contributed by atoms with E-state index < -0.39 is 0 Å². The van der Waals surface area contributed by atoms with E-state index in [-0.39, 0.29) is 24.0 Å². The summed E-state index contributed by atoms with van der Waals surface area (Å²) in [5.74, 6) is -0.141. The van der Waals surface area contributed by atoms with Crippen molar-refractivity contribution in [3.63, 3.8) is 0 Å². The molecule has 5 heteroatoms. The average Bonchev–Trinajstić information content (AvgIpc) is 3.04. The van der Waals surface area contributed by atoms with Gasteiger partial charge in [0.1, 0.15) is 5.69 Å². The third-order valence-corrected chi connectivity index (χ3v) is 4.23. The van der Waals surface area contributed by atoms with Crippen molar-refractivity contribution in [2.75, 3.05) is 6.61 Å². The van der Waals surface area contributed by atoms with Crippen molar-refractivity contribution in [1.29, 1.82) is 0 Å². The fourth-order valence-corrected chi connectivity index (χ4v) is 2.87. The number of H-pyrrole nitrogens is 1. The van der Waals surface area contributed by atoms with E-state index in [0.29, 0.717) is 11.3 Å². The van der Waals surface area contributed by atoms with Crippen molar-refractivity contribution in [3.05, 3.63) is 24.1 Å². The van der Waals surface area contributed by atoms with Crippen LogP contribution in [0, 0.1) is 5.41 Å². The smallest absolute Gasteiger partial charge is 0.268 e. The number of aromatic amines is 1. The Morgan fingerprint density at radius 2 is 2.53 bits per heavy atom. The van der Waals surface area contributed by atoms with Crippen molar-refractivity contribution >= 4 is 17.0 Å². The highest BCUT2D eigenvalue weighted by molar-refractivity contribution is 5.97. The van der Waals surface area contributed by atoms with Crippen LogP contribution in [-0.2, 0) is 0 Å². The fraction of sp³-hybridized carbons (Fsp3) is 0.500. The summed E-state index contributed by atoms with van der Waals surface area (Å²) in [5.41, 5.74) is 1.80. The third kappa shape index (κ3) is 2.04. The van der Waals surface area contributed by atoms with Gasteiger partial charge in [0.25, 0.3) is 5.91 Å². The molecule has 3 rings (SSSR count). The normalized spacial score (nSPS) is 26.9. The first-order chi connectivity index (χ1) is 9.12. The molecule has 1 amide bonds. The van der Waals surface area contributed by atoms with Crippen molar-refractivity contribution in [2.24, 2.45) is 5.41 Å². The van der Waals surface area contributed by atoms with Crippen LogP contribution in [0.3, 0.4) is 0 Å². The van der Waals surface area contributed by atoms with Gasteiger partial charge in [0.2, 0.25) is 0 Å². The van der Waals surface area contributed by atoms with E-state index in [9.17, 15) is 9.90 Å². The van der Waals surface area contributed by atoms with Crippen LogP contribution in [0.5, 0.6) is 0 Å². The first kappa shape index (κ1) is 12.3. The Hall–Kier alpha value is -1.75. The largest absolute Gasteiger partial charge is 0.463 e. The second kappa shape index (κ2) is 4.42. The zero-order valence-electron chi connectivity index (χ0n) is 10.9. The summed E-state index contributed by atoms with van der Waals surface area (Å²) >= 11 is 0. The van der Waals surface area contributed by atoms with Crippen molar-refractivity contribution in [1.82, 2.24) is 10.3 Å². The Labute approximate surface area is 111 Å². The quantitative estimate of drug-likeness (QED) is 0.792. The van der Waals surface area contributed by atoms with Gasteiger partial charge in [-0.1, -0.05) is 13.3 Å². The first-order valence-electron chi connectivity index (χ1n) is 6.60. The minimum absolute atomic E-state index is 0.0274. The summed E-state index contributed by atoms with van der Waals surface area (Å²) in [6, 6.07) is 3.52. The highest BCUT2D eigenvalue weighted by Crippen LogP contribution is 2.37. The SMILES string of the molecule is CC1(CO)CCCC1NC(=O)c1cc2occc2[nH]1. The van der Waals surface area contributed by atoms with E-state index in [1.807, 2.05) is 6.92 Å². The lowest BCUT2D eigenvalue weighted by Crippen LogP contribution is -2.44.